The average molecular weight is 460 g/mol. The number of halogens is 1. The molecule has 0 radical (unpaired) electrons. The number of Topliss-reactive ketones (excluding diaryl/α,β-unsaturated/α-hetero) is 1. The number of ketones is 1. The summed E-state index contributed by atoms with van der Waals surface area (Å²) in [6.45, 7) is 0. The first-order chi connectivity index (χ1) is 15.6. The molecule has 0 saturated carbocycles. The first-order valence-corrected chi connectivity index (χ1v) is 11.5. The second-order valence-electron chi connectivity index (χ2n) is 7.48. The Kier molecular flexibility index (Phi) is 5.64. The molecule has 0 spiro atoms. The summed E-state index contributed by atoms with van der Waals surface area (Å²) in [6, 6.07) is 23.8. The number of amidine groups is 2. The molecule has 0 saturated heterocycles. The van der Waals surface area contributed by atoms with Crippen LogP contribution < -0.4 is 0 Å². The van der Waals surface area contributed by atoms with E-state index in [1.54, 1.807) is 24.3 Å². The summed E-state index contributed by atoms with van der Waals surface area (Å²) in [4.78, 5) is 36.7. The van der Waals surface area contributed by atoms with Gasteiger partial charge >= 0.3 is 0 Å². The van der Waals surface area contributed by atoms with E-state index in [-0.39, 0.29) is 17.4 Å². The van der Waals surface area contributed by atoms with Crippen LogP contribution in [0.2, 0.25) is 5.02 Å². The van der Waals surface area contributed by atoms with Gasteiger partial charge in [0, 0.05) is 22.6 Å². The van der Waals surface area contributed by atoms with Crippen LogP contribution in [0.3, 0.4) is 0 Å². The number of para-hydroxylation sites is 1. The largest absolute Gasteiger partial charge is 0.293 e. The van der Waals surface area contributed by atoms with Crippen LogP contribution in [0.1, 0.15) is 21.5 Å². The Morgan fingerprint density at radius 3 is 2.44 bits per heavy atom. The van der Waals surface area contributed by atoms with Crippen LogP contribution in [0.5, 0.6) is 0 Å². The Balaban J connectivity index is 1.45. The maximum atomic E-state index is 12.9. The van der Waals surface area contributed by atoms with E-state index in [2.05, 4.69) is 4.99 Å². The number of carbonyl (C=O) groups is 2. The Hall–Kier alpha value is -3.22. The highest BCUT2D eigenvalue weighted by Gasteiger charge is 2.41. The van der Waals surface area contributed by atoms with E-state index in [1.807, 2.05) is 59.5 Å². The lowest BCUT2D eigenvalue weighted by molar-refractivity contribution is -0.119. The second-order valence-corrected chi connectivity index (χ2v) is 8.86. The van der Waals surface area contributed by atoms with Crippen LogP contribution in [-0.2, 0) is 11.2 Å². The predicted molar refractivity (Wildman–Crippen MR) is 129 cm³/mol. The fraction of sp³-hybridized carbons (Fsp3) is 0.120. The number of fused-ring (bicyclic) bond motifs is 3. The van der Waals surface area contributed by atoms with E-state index in [1.165, 1.54) is 11.8 Å². The van der Waals surface area contributed by atoms with Crippen LogP contribution in [0.15, 0.2) is 88.8 Å². The summed E-state index contributed by atoms with van der Waals surface area (Å²) in [7, 11) is 0. The molecule has 1 unspecified atom stereocenters. The van der Waals surface area contributed by atoms with Gasteiger partial charge in [-0.3, -0.25) is 14.5 Å². The summed E-state index contributed by atoms with van der Waals surface area (Å²) >= 11 is 7.25. The minimum Gasteiger partial charge on any atom is -0.293 e. The zero-order valence-electron chi connectivity index (χ0n) is 16.9. The topological polar surface area (TPSA) is 62.1 Å². The number of rotatable bonds is 5. The minimum atomic E-state index is -0.488. The van der Waals surface area contributed by atoms with Crippen molar-refractivity contribution in [1.82, 2.24) is 4.90 Å². The molecule has 32 heavy (non-hydrogen) atoms. The summed E-state index contributed by atoms with van der Waals surface area (Å²) in [6.07, 6.45) is 0.513. The summed E-state index contributed by atoms with van der Waals surface area (Å²) < 4.78 is 0. The summed E-state index contributed by atoms with van der Waals surface area (Å²) in [5, 5.41) is 1.19. The van der Waals surface area contributed by atoms with Crippen molar-refractivity contribution in [3.8, 4) is 0 Å². The first kappa shape index (κ1) is 20.7. The minimum absolute atomic E-state index is 0.0307. The monoisotopic (exact) mass is 459 g/mol. The molecule has 1 amide bonds. The van der Waals surface area contributed by atoms with Gasteiger partial charge < -0.3 is 0 Å². The number of amides is 1. The van der Waals surface area contributed by atoms with Gasteiger partial charge in [-0.25, -0.2) is 4.99 Å². The average Bonchev–Trinajstić information content (AvgIpc) is 3.14. The fourth-order valence-electron chi connectivity index (χ4n) is 3.79. The maximum Gasteiger partial charge on any atom is 0.271 e. The lowest BCUT2D eigenvalue weighted by atomic mass is 10.0. The third kappa shape index (κ3) is 3.99. The molecule has 1 atom stereocenters. The number of hydrogen-bond donors (Lipinski definition) is 0. The molecule has 5 rings (SSSR count). The summed E-state index contributed by atoms with van der Waals surface area (Å²) in [5.41, 5.74) is 3.20. The number of nitrogens with zero attached hydrogens (tertiary/aromatic N) is 3. The SMILES string of the molecule is O=C(CSC1=Nc2ccccc2C2=NC(=O)C(Cc3ccccc3)N12)c1ccc(Cl)cc1. The van der Waals surface area contributed by atoms with Crippen molar-refractivity contribution in [2.75, 3.05) is 5.75 Å². The van der Waals surface area contributed by atoms with E-state index < -0.39 is 6.04 Å². The quantitative estimate of drug-likeness (QED) is 0.494. The van der Waals surface area contributed by atoms with Crippen molar-refractivity contribution in [3.05, 3.63) is 101 Å². The van der Waals surface area contributed by atoms with Crippen molar-refractivity contribution in [3.63, 3.8) is 0 Å². The van der Waals surface area contributed by atoms with Gasteiger partial charge in [0.15, 0.2) is 11.0 Å². The highest BCUT2D eigenvalue weighted by Crippen LogP contribution is 2.35. The third-order valence-corrected chi connectivity index (χ3v) is 6.58. The van der Waals surface area contributed by atoms with Crippen LogP contribution >= 0.6 is 23.4 Å². The summed E-state index contributed by atoms with van der Waals surface area (Å²) in [5.74, 6) is 0.566. The molecule has 5 nitrogen and oxygen atoms in total. The molecular formula is C25H18ClN3O2S. The van der Waals surface area contributed by atoms with Crippen molar-refractivity contribution in [1.29, 1.82) is 0 Å². The van der Waals surface area contributed by atoms with E-state index in [9.17, 15) is 9.59 Å². The number of carbonyl (C=O) groups excluding carboxylic acids is 2. The first-order valence-electron chi connectivity index (χ1n) is 10.2. The normalized spacial score (nSPS) is 16.8. The van der Waals surface area contributed by atoms with Crippen LogP contribution in [-0.4, -0.2) is 39.4 Å². The molecule has 158 valence electrons. The smallest absolute Gasteiger partial charge is 0.271 e. The van der Waals surface area contributed by atoms with Crippen molar-refractivity contribution in [2.24, 2.45) is 9.98 Å². The van der Waals surface area contributed by atoms with E-state index >= 15 is 0 Å². The standard InChI is InChI=1S/C25H18ClN3O2S/c26-18-12-10-17(11-13-18)22(30)15-32-25-27-20-9-5-4-8-19(20)23-28-24(31)21(29(23)25)14-16-6-2-1-3-7-16/h1-13,21H,14-15H2. The van der Waals surface area contributed by atoms with Crippen LogP contribution in [0.4, 0.5) is 5.69 Å². The van der Waals surface area contributed by atoms with Crippen molar-refractivity contribution < 1.29 is 9.59 Å². The van der Waals surface area contributed by atoms with Gasteiger partial charge in [0.2, 0.25) is 0 Å². The molecule has 7 heteroatoms. The molecule has 0 N–H and O–H groups in total. The van der Waals surface area contributed by atoms with Gasteiger partial charge in [0.25, 0.3) is 5.91 Å². The van der Waals surface area contributed by atoms with Crippen LogP contribution in [0, 0.1) is 0 Å². The number of hydrogen-bond acceptors (Lipinski definition) is 5. The number of thioether (sulfide) groups is 1. The molecule has 0 fully saturated rings. The maximum absolute atomic E-state index is 12.9. The molecule has 0 aromatic heterocycles. The molecule has 3 aromatic rings. The second kappa shape index (κ2) is 8.73. The predicted octanol–water partition coefficient (Wildman–Crippen LogP) is 5.16. The molecular weight excluding hydrogens is 442 g/mol. The number of benzene rings is 3. The van der Waals surface area contributed by atoms with Crippen molar-refractivity contribution >= 4 is 51.7 Å². The van der Waals surface area contributed by atoms with E-state index in [4.69, 9.17) is 16.6 Å². The van der Waals surface area contributed by atoms with E-state index in [0.29, 0.717) is 28.0 Å². The molecule has 0 bridgehead atoms. The Morgan fingerprint density at radius 2 is 1.66 bits per heavy atom. The molecule has 2 heterocycles. The van der Waals surface area contributed by atoms with Gasteiger partial charge in [-0.05, 0) is 42.0 Å². The highest BCUT2D eigenvalue weighted by molar-refractivity contribution is 8.14. The Bertz CT molecular complexity index is 1260. The van der Waals surface area contributed by atoms with Gasteiger partial charge in [-0.15, -0.1) is 0 Å². The van der Waals surface area contributed by atoms with Gasteiger partial charge in [0.05, 0.1) is 11.4 Å². The van der Waals surface area contributed by atoms with Gasteiger partial charge in [-0.2, -0.15) is 4.99 Å². The van der Waals surface area contributed by atoms with Gasteiger partial charge in [0.1, 0.15) is 11.9 Å². The fourth-order valence-corrected chi connectivity index (χ4v) is 4.86. The third-order valence-electron chi connectivity index (χ3n) is 5.38. The Labute approximate surface area is 194 Å². The molecule has 3 aromatic carbocycles. The molecule has 2 aliphatic heterocycles. The molecule has 2 aliphatic rings. The number of aliphatic imine (C=N–C) groups is 2. The van der Waals surface area contributed by atoms with Gasteiger partial charge in [-0.1, -0.05) is 65.8 Å². The van der Waals surface area contributed by atoms with E-state index in [0.717, 1.165) is 16.8 Å². The van der Waals surface area contributed by atoms with Crippen LogP contribution in [0.25, 0.3) is 0 Å². The zero-order valence-corrected chi connectivity index (χ0v) is 18.5. The lowest BCUT2D eigenvalue weighted by Crippen LogP contribution is -2.44. The Morgan fingerprint density at radius 1 is 0.938 bits per heavy atom. The molecule has 0 aliphatic carbocycles. The zero-order chi connectivity index (χ0) is 22.1. The highest BCUT2D eigenvalue weighted by atomic mass is 35.5. The van der Waals surface area contributed by atoms with Crippen molar-refractivity contribution in [2.45, 2.75) is 12.5 Å². The lowest BCUT2D eigenvalue weighted by Gasteiger charge is -2.31.